The highest BCUT2D eigenvalue weighted by Crippen LogP contribution is 2.27. The van der Waals surface area contributed by atoms with Gasteiger partial charge in [0.05, 0.1) is 16.7 Å². The number of hydrogen-bond donors (Lipinski definition) is 0. The van der Waals surface area contributed by atoms with Gasteiger partial charge in [0.25, 0.3) is 0 Å². The van der Waals surface area contributed by atoms with E-state index in [1.54, 1.807) is 26.0 Å². The average Bonchev–Trinajstić information content (AvgIpc) is 2.31. The van der Waals surface area contributed by atoms with Crippen LogP contribution in [0.2, 0.25) is 10.0 Å². The lowest BCUT2D eigenvalue weighted by Gasteiger charge is -2.08. The van der Waals surface area contributed by atoms with Crippen LogP contribution < -0.4 is 0 Å². The van der Waals surface area contributed by atoms with E-state index >= 15 is 0 Å². The lowest BCUT2D eigenvalue weighted by Crippen LogP contribution is -2.06. The van der Waals surface area contributed by atoms with Crippen LogP contribution in [0.4, 0.5) is 0 Å². The molecule has 0 aliphatic carbocycles. The molecule has 0 unspecified atom stereocenters. The number of allylic oxidation sites excluding steroid dienone is 1. The Bertz CT molecular complexity index is 464. The topological polar surface area (TPSA) is 26.3 Å². The fourth-order valence-electron chi connectivity index (χ4n) is 1.34. The van der Waals surface area contributed by atoms with E-state index in [4.69, 9.17) is 27.9 Å². The van der Waals surface area contributed by atoms with Gasteiger partial charge in [0.2, 0.25) is 0 Å². The molecule has 2 nitrogen and oxygen atoms in total. The van der Waals surface area contributed by atoms with Gasteiger partial charge in [-0.05, 0) is 44.0 Å². The largest absolute Gasteiger partial charge is 0.463 e. The molecule has 4 heteroatoms. The van der Waals surface area contributed by atoms with Crippen LogP contribution in [0.25, 0.3) is 5.57 Å². The molecule has 0 aromatic heterocycles. The fraction of sp³-hybridized carbons (Fsp3) is 0.308. The molecule has 0 saturated heterocycles. The van der Waals surface area contributed by atoms with Gasteiger partial charge >= 0.3 is 5.97 Å². The normalized spacial score (nSPS) is 12.1. The van der Waals surface area contributed by atoms with Crippen molar-refractivity contribution in [2.45, 2.75) is 20.8 Å². The Hall–Kier alpha value is -0.990. The molecule has 92 valence electrons. The van der Waals surface area contributed by atoms with Crippen LogP contribution >= 0.6 is 23.2 Å². The van der Waals surface area contributed by atoms with Gasteiger partial charge in [-0.2, -0.15) is 0 Å². The first-order chi connectivity index (χ1) is 7.97. The monoisotopic (exact) mass is 272 g/mol. The van der Waals surface area contributed by atoms with Crippen molar-refractivity contribution >= 4 is 34.7 Å². The summed E-state index contributed by atoms with van der Waals surface area (Å²) >= 11 is 11.8. The van der Waals surface area contributed by atoms with Crippen molar-refractivity contribution in [2.75, 3.05) is 6.61 Å². The summed E-state index contributed by atoms with van der Waals surface area (Å²) in [7, 11) is 0. The number of carbonyl (C=O) groups is 1. The minimum atomic E-state index is -0.309. The highest BCUT2D eigenvalue weighted by molar-refractivity contribution is 6.42. The first-order valence-corrected chi connectivity index (χ1v) is 6.03. The quantitative estimate of drug-likeness (QED) is 0.604. The van der Waals surface area contributed by atoms with Crippen molar-refractivity contribution in [1.29, 1.82) is 0 Å². The maximum atomic E-state index is 11.6. The van der Waals surface area contributed by atoms with Crippen LogP contribution in [-0.2, 0) is 9.53 Å². The number of hydrogen-bond acceptors (Lipinski definition) is 2. The summed E-state index contributed by atoms with van der Waals surface area (Å²) in [5.74, 6) is -0.309. The van der Waals surface area contributed by atoms with E-state index in [0.29, 0.717) is 22.2 Å². The van der Waals surface area contributed by atoms with Crippen molar-refractivity contribution in [3.63, 3.8) is 0 Å². The van der Waals surface area contributed by atoms with E-state index < -0.39 is 0 Å². The summed E-state index contributed by atoms with van der Waals surface area (Å²) in [6, 6.07) is 5.27. The second kappa shape index (κ2) is 6.08. The van der Waals surface area contributed by atoms with E-state index in [2.05, 4.69) is 0 Å². The maximum absolute atomic E-state index is 11.6. The molecule has 0 amide bonds. The number of carbonyl (C=O) groups excluding carboxylic acids is 1. The van der Waals surface area contributed by atoms with E-state index in [0.717, 1.165) is 11.1 Å². The highest BCUT2D eigenvalue weighted by atomic mass is 35.5. The average molecular weight is 273 g/mol. The van der Waals surface area contributed by atoms with Gasteiger partial charge in [-0.25, -0.2) is 4.79 Å². The van der Waals surface area contributed by atoms with Gasteiger partial charge in [0.1, 0.15) is 0 Å². The molecule has 1 aromatic carbocycles. The molecule has 0 radical (unpaired) electrons. The van der Waals surface area contributed by atoms with E-state index in [-0.39, 0.29) is 5.97 Å². The molecule has 0 atom stereocenters. The molecule has 0 N–H and O–H groups in total. The number of esters is 1. The van der Waals surface area contributed by atoms with Gasteiger partial charge < -0.3 is 4.74 Å². The van der Waals surface area contributed by atoms with Crippen LogP contribution in [0.1, 0.15) is 26.3 Å². The Morgan fingerprint density at radius 3 is 2.41 bits per heavy atom. The van der Waals surface area contributed by atoms with Crippen molar-refractivity contribution < 1.29 is 9.53 Å². The molecule has 17 heavy (non-hydrogen) atoms. The van der Waals surface area contributed by atoms with Crippen LogP contribution in [0, 0.1) is 0 Å². The fourth-order valence-corrected chi connectivity index (χ4v) is 1.64. The first-order valence-electron chi connectivity index (χ1n) is 5.27. The summed E-state index contributed by atoms with van der Waals surface area (Å²) in [6.45, 7) is 5.73. The van der Waals surface area contributed by atoms with Crippen LogP contribution in [-0.4, -0.2) is 12.6 Å². The smallest absolute Gasteiger partial charge is 0.333 e. The zero-order chi connectivity index (χ0) is 13.0. The van der Waals surface area contributed by atoms with Crippen molar-refractivity contribution in [3.05, 3.63) is 39.4 Å². The second-order valence-corrected chi connectivity index (χ2v) is 4.41. The standard InChI is InChI=1S/C13H14Cl2O2/c1-4-17-13(16)9(3)8(2)10-5-6-11(14)12(15)7-10/h5-7H,4H2,1-3H3/b9-8-. The Balaban J connectivity index is 3.09. The lowest BCUT2D eigenvalue weighted by molar-refractivity contribution is -0.138. The van der Waals surface area contributed by atoms with E-state index in [1.165, 1.54) is 0 Å². The molecular formula is C13H14Cl2O2. The summed E-state index contributed by atoms with van der Waals surface area (Å²) in [6.07, 6.45) is 0. The molecule has 0 fully saturated rings. The molecule has 0 saturated carbocycles. The zero-order valence-electron chi connectivity index (χ0n) is 10.0. The summed E-state index contributed by atoms with van der Waals surface area (Å²) in [5, 5.41) is 0.970. The van der Waals surface area contributed by atoms with Crippen molar-refractivity contribution in [3.8, 4) is 0 Å². The second-order valence-electron chi connectivity index (χ2n) is 3.60. The van der Waals surface area contributed by atoms with Crippen LogP contribution in [0.3, 0.4) is 0 Å². The summed E-state index contributed by atoms with van der Waals surface area (Å²) in [4.78, 5) is 11.6. The van der Waals surface area contributed by atoms with Crippen molar-refractivity contribution in [2.24, 2.45) is 0 Å². The predicted octanol–water partition coefficient (Wildman–Crippen LogP) is 4.35. The number of benzene rings is 1. The zero-order valence-corrected chi connectivity index (χ0v) is 11.5. The molecule has 0 aliphatic rings. The molecular weight excluding hydrogens is 259 g/mol. The Morgan fingerprint density at radius 2 is 1.88 bits per heavy atom. The van der Waals surface area contributed by atoms with Gasteiger partial charge in [-0.15, -0.1) is 0 Å². The SMILES string of the molecule is CCOC(=O)/C(C)=C(/C)c1ccc(Cl)c(Cl)c1. The van der Waals surface area contributed by atoms with E-state index in [1.807, 2.05) is 13.0 Å². The lowest BCUT2D eigenvalue weighted by atomic mass is 10.0. The number of ether oxygens (including phenoxy) is 1. The van der Waals surface area contributed by atoms with Gasteiger partial charge in [0.15, 0.2) is 0 Å². The molecule has 0 heterocycles. The Morgan fingerprint density at radius 1 is 1.24 bits per heavy atom. The van der Waals surface area contributed by atoms with Gasteiger partial charge in [-0.3, -0.25) is 0 Å². The Kier molecular flexibility index (Phi) is 5.03. The highest BCUT2D eigenvalue weighted by Gasteiger charge is 2.10. The molecule has 0 bridgehead atoms. The molecule has 1 aromatic rings. The van der Waals surface area contributed by atoms with E-state index in [9.17, 15) is 4.79 Å². The summed E-state index contributed by atoms with van der Waals surface area (Å²) < 4.78 is 4.94. The van der Waals surface area contributed by atoms with Crippen molar-refractivity contribution in [1.82, 2.24) is 0 Å². The maximum Gasteiger partial charge on any atom is 0.333 e. The Labute approximate surface area is 111 Å². The number of halogens is 2. The minimum absolute atomic E-state index is 0.309. The summed E-state index contributed by atoms with van der Waals surface area (Å²) in [5.41, 5.74) is 2.28. The number of rotatable bonds is 3. The van der Waals surface area contributed by atoms with Crippen LogP contribution in [0.15, 0.2) is 23.8 Å². The third-order valence-electron chi connectivity index (χ3n) is 2.50. The van der Waals surface area contributed by atoms with Crippen LogP contribution in [0.5, 0.6) is 0 Å². The van der Waals surface area contributed by atoms with Gasteiger partial charge in [0, 0.05) is 5.57 Å². The third-order valence-corrected chi connectivity index (χ3v) is 3.24. The minimum Gasteiger partial charge on any atom is -0.463 e. The third kappa shape index (κ3) is 3.48. The molecule has 1 rings (SSSR count). The first kappa shape index (κ1) is 14.1. The van der Waals surface area contributed by atoms with Gasteiger partial charge in [-0.1, -0.05) is 29.3 Å². The molecule has 0 aliphatic heterocycles. The predicted molar refractivity (Wildman–Crippen MR) is 71.4 cm³/mol. The molecule has 0 spiro atoms.